The Labute approximate surface area is 97.0 Å². The molecule has 2 aromatic rings. The molecule has 0 amide bonds. The Morgan fingerprint density at radius 1 is 1.20 bits per heavy atom. The van der Waals surface area contributed by atoms with Crippen LogP contribution in [0.5, 0.6) is 0 Å². The van der Waals surface area contributed by atoms with Crippen molar-refractivity contribution in [3.8, 4) is 0 Å². The van der Waals surface area contributed by atoms with Gasteiger partial charge in [-0.05, 0) is 24.3 Å². The highest BCUT2D eigenvalue weighted by Gasteiger charge is 2.16. The van der Waals surface area contributed by atoms with Crippen molar-refractivity contribution in [2.75, 3.05) is 0 Å². The predicted molar refractivity (Wildman–Crippen MR) is 59.2 cm³/mol. The zero-order chi connectivity index (χ0) is 10.8. The Balaban J connectivity index is 2.38. The second kappa shape index (κ2) is 4.27. The number of benzene rings is 1. The number of furan rings is 1. The molecule has 0 aliphatic carbocycles. The van der Waals surface area contributed by atoms with Gasteiger partial charge in [0.05, 0.1) is 6.26 Å². The molecule has 2 nitrogen and oxygen atoms in total. The fourth-order valence-electron chi connectivity index (χ4n) is 1.32. The number of hydrogen-bond acceptors (Lipinski definition) is 2. The third kappa shape index (κ3) is 2.17. The Bertz CT molecular complexity index is 452. The van der Waals surface area contributed by atoms with Crippen LogP contribution < -0.4 is 0 Å². The Morgan fingerprint density at radius 3 is 2.60 bits per heavy atom. The van der Waals surface area contributed by atoms with Gasteiger partial charge < -0.3 is 9.52 Å². The number of rotatable bonds is 2. The lowest BCUT2D eigenvalue weighted by Gasteiger charge is -2.10. The van der Waals surface area contributed by atoms with E-state index in [0.717, 1.165) is 0 Å². The van der Waals surface area contributed by atoms with Crippen LogP contribution in [0, 0.1) is 0 Å². The summed E-state index contributed by atoms with van der Waals surface area (Å²) in [4.78, 5) is 0. The fraction of sp³-hybridized carbons (Fsp3) is 0.0909. The third-order valence-corrected chi connectivity index (χ3v) is 2.63. The van der Waals surface area contributed by atoms with Crippen molar-refractivity contribution < 1.29 is 9.52 Å². The summed E-state index contributed by atoms with van der Waals surface area (Å²) in [6, 6.07) is 8.34. The molecule has 1 unspecified atom stereocenters. The van der Waals surface area contributed by atoms with E-state index in [1.165, 1.54) is 6.26 Å². The third-order valence-electron chi connectivity index (χ3n) is 2.07. The summed E-state index contributed by atoms with van der Waals surface area (Å²) in [5.41, 5.74) is 0.580. The molecule has 1 N–H and O–H groups in total. The summed E-state index contributed by atoms with van der Waals surface area (Å²) < 4.78 is 5.09. The van der Waals surface area contributed by atoms with E-state index >= 15 is 0 Å². The molecule has 0 bridgehead atoms. The second-order valence-electron chi connectivity index (χ2n) is 3.08. The van der Waals surface area contributed by atoms with Crippen LogP contribution in [0.15, 0.2) is 41.0 Å². The zero-order valence-electron chi connectivity index (χ0n) is 7.65. The summed E-state index contributed by atoms with van der Waals surface area (Å²) in [6.45, 7) is 0. The van der Waals surface area contributed by atoms with Crippen molar-refractivity contribution in [3.05, 3.63) is 58.0 Å². The number of aliphatic hydroxyl groups is 1. The maximum atomic E-state index is 9.93. The molecule has 4 heteroatoms. The maximum Gasteiger partial charge on any atom is 0.138 e. The van der Waals surface area contributed by atoms with Gasteiger partial charge in [-0.3, -0.25) is 0 Å². The minimum atomic E-state index is -0.857. The molecule has 0 fully saturated rings. The van der Waals surface area contributed by atoms with Crippen molar-refractivity contribution in [2.24, 2.45) is 0 Å². The minimum absolute atomic E-state index is 0.423. The number of hydrogen-bond donors (Lipinski definition) is 1. The first-order chi connectivity index (χ1) is 7.18. The molecule has 0 saturated carbocycles. The molecule has 78 valence electrons. The first kappa shape index (κ1) is 10.6. The van der Waals surface area contributed by atoms with Gasteiger partial charge in [-0.15, -0.1) is 0 Å². The van der Waals surface area contributed by atoms with Crippen LogP contribution in [0.1, 0.15) is 17.4 Å². The highest BCUT2D eigenvalue weighted by Crippen LogP contribution is 2.30. The van der Waals surface area contributed by atoms with Gasteiger partial charge in [0, 0.05) is 15.6 Å². The standard InChI is InChI=1S/C11H8Cl2O2/c12-7-3-4-8(9(13)6-7)11(14)10-2-1-5-15-10/h1-6,11,14H. The van der Waals surface area contributed by atoms with Crippen LogP contribution in [0.3, 0.4) is 0 Å². The molecule has 1 aromatic heterocycles. The van der Waals surface area contributed by atoms with Crippen molar-refractivity contribution in [2.45, 2.75) is 6.10 Å². The van der Waals surface area contributed by atoms with E-state index in [9.17, 15) is 5.11 Å². The van der Waals surface area contributed by atoms with Gasteiger partial charge in [-0.1, -0.05) is 29.3 Å². The van der Waals surface area contributed by atoms with Gasteiger partial charge in [0.15, 0.2) is 0 Å². The first-order valence-electron chi connectivity index (χ1n) is 4.35. The highest BCUT2D eigenvalue weighted by molar-refractivity contribution is 6.35. The Kier molecular flexibility index (Phi) is 3.00. The van der Waals surface area contributed by atoms with Gasteiger partial charge in [0.25, 0.3) is 0 Å². The maximum absolute atomic E-state index is 9.93. The summed E-state index contributed by atoms with van der Waals surface area (Å²) >= 11 is 11.7. The second-order valence-corrected chi connectivity index (χ2v) is 3.93. The van der Waals surface area contributed by atoms with Crippen molar-refractivity contribution in [1.29, 1.82) is 0 Å². The van der Waals surface area contributed by atoms with Gasteiger partial charge in [-0.25, -0.2) is 0 Å². The van der Waals surface area contributed by atoms with E-state index in [4.69, 9.17) is 27.6 Å². The van der Waals surface area contributed by atoms with Crippen LogP contribution in [-0.2, 0) is 0 Å². The summed E-state index contributed by atoms with van der Waals surface area (Å²) in [5, 5.41) is 10.9. The molecule has 15 heavy (non-hydrogen) atoms. The van der Waals surface area contributed by atoms with Crippen LogP contribution in [0.25, 0.3) is 0 Å². The van der Waals surface area contributed by atoms with E-state index in [1.54, 1.807) is 30.3 Å². The van der Waals surface area contributed by atoms with Crippen molar-refractivity contribution in [1.82, 2.24) is 0 Å². The van der Waals surface area contributed by atoms with Gasteiger partial charge in [0.1, 0.15) is 11.9 Å². The minimum Gasteiger partial charge on any atom is -0.466 e. The molecule has 0 spiro atoms. The molecular formula is C11H8Cl2O2. The molecule has 0 saturated heterocycles. The van der Waals surface area contributed by atoms with E-state index < -0.39 is 6.10 Å². The Hall–Kier alpha value is -0.960. The van der Waals surface area contributed by atoms with Crippen LogP contribution in [0.4, 0.5) is 0 Å². The quantitative estimate of drug-likeness (QED) is 0.872. The average molecular weight is 243 g/mol. The molecule has 0 radical (unpaired) electrons. The fourth-order valence-corrected chi connectivity index (χ4v) is 1.84. The van der Waals surface area contributed by atoms with Crippen molar-refractivity contribution >= 4 is 23.2 Å². The van der Waals surface area contributed by atoms with Crippen LogP contribution in [0.2, 0.25) is 10.0 Å². The molecule has 0 aliphatic rings. The highest BCUT2D eigenvalue weighted by atomic mass is 35.5. The lowest BCUT2D eigenvalue weighted by Crippen LogP contribution is -1.98. The normalized spacial score (nSPS) is 12.7. The Morgan fingerprint density at radius 2 is 2.00 bits per heavy atom. The summed E-state index contributed by atoms with van der Waals surface area (Å²) in [6.07, 6.45) is 0.646. The molecule has 2 rings (SSSR count). The number of halogens is 2. The van der Waals surface area contributed by atoms with Crippen LogP contribution in [-0.4, -0.2) is 5.11 Å². The monoisotopic (exact) mass is 242 g/mol. The summed E-state index contributed by atoms with van der Waals surface area (Å²) in [5.74, 6) is 0.458. The lowest BCUT2D eigenvalue weighted by atomic mass is 10.1. The lowest BCUT2D eigenvalue weighted by molar-refractivity contribution is 0.189. The molecule has 0 aliphatic heterocycles. The molecule has 1 atom stereocenters. The number of aliphatic hydroxyl groups excluding tert-OH is 1. The van der Waals surface area contributed by atoms with E-state index in [0.29, 0.717) is 21.4 Å². The SMILES string of the molecule is OC(c1ccco1)c1ccc(Cl)cc1Cl. The smallest absolute Gasteiger partial charge is 0.138 e. The van der Waals surface area contributed by atoms with Gasteiger partial charge >= 0.3 is 0 Å². The summed E-state index contributed by atoms with van der Waals surface area (Å²) in [7, 11) is 0. The topological polar surface area (TPSA) is 33.4 Å². The first-order valence-corrected chi connectivity index (χ1v) is 5.10. The molecule has 1 heterocycles. The van der Waals surface area contributed by atoms with Gasteiger partial charge in [0.2, 0.25) is 0 Å². The van der Waals surface area contributed by atoms with Crippen LogP contribution >= 0.6 is 23.2 Å². The molecular weight excluding hydrogens is 235 g/mol. The van der Waals surface area contributed by atoms with Crippen molar-refractivity contribution in [3.63, 3.8) is 0 Å². The van der Waals surface area contributed by atoms with E-state index in [-0.39, 0.29) is 0 Å². The zero-order valence-corrected chi connectivity index (χ0v) is 9.16. The van der Waals surface area contributed by atoms with Gasteiger partial charge in [-0.2, -0.15) is 0 Å². The predicted octanol–water partition coefficient (Wildman–Crippen LogP) is 3.67. The van der Waals surface area contributed by atoms with E-state index in [1.807, 2.05) is 0 Å². The van der Waals surface area contributed by atoms with E-state index in [2.05, 4.69) is 0 Å². The largest absolute Gasteiger partial charge is 0.466 e. The average Bonchev–Trinajstić information content (AvgIpc) is 2.69. The molecule has 1 aromatic carbocycles.